The third-order valence-corrected chi connectivity index (χ3v) is 2.48. The van der Waals surface area contributed by atoms with Gasteiger partial charge in [0.1, 0.15) is 6.72 Å². The first-order valence-electron chi connectivity index (χ1n) is 5.11. The largest absolute Gasteiger partial charge is 0.354 e. The van der Waals surface area contributed by atoms with E-state index >= 15 is 0 Å². The van der Waals surface area contributed by atoms with E-state index in [0.29, 0.717) is 0 Å². The Morgan fingerprint density at radius 2 is 1.80 bits per heavy atom. The number of hydrogen-bond acceptors (Lipinski definition) is 1. The summed E-state index contributed by atoms with van der Waals surface area (Å²) in [7, 11) is 0. The minimum absolute atomic E-state index is 1.01. The van der Waals surface area contributed by atoms with E-state index in [1.165, 1.54) is 10.8 Å². The molecule has 0 saturated heterocycles. The van der Waals surface area contributed by atoms with Gasteiger partial charge in [0.05, 0.1) is 0 Å². The molecule has 0 amide bonds. The highest BCUT2D eigenvalue weighted by Gasteiger charge is 1.98. The van der Waals surface area contributed by atoms with E-state index in [1.54, 1.807) is 4.24 Å². The van der Waals surface area contributed by atoms with E-state index < -0.39 is 0 Å². The topological polar surface area (TPSA) is 9.14 Å². The van der Waals surface area contributed by atoms with Gasteiger partial charge in [-0.25, -0.2) is 0 Å². The first-order chi connectivity index (χ1) is 7.29. The minimum atomic E-state index is 1.01. The van der Waals surface area contributed by atoms with E-state index in [0.717, 1.165) is 6.54 Å². The van der Waals surface area contributed by atoms with E-state index in [-0.39, 0.29) is 0 Å². The van der Waals surface area contributed by atoms with Crippen LogP contribution in [0, 0.1) is 6.72 Å². The highest BCUT2D eigenvalue weighted by Crippen LogP contribution is 2.07. The Morgan fingerprint density at radius 1 is 1.20 bits per heavy atom. The summed E-state index contributed by atoms with van der Waals surface area (Å²) in [6.07, 6.45) is 12.4. The zero-order valence-electron chi connectivity index (χ0n) is 8.93. The van der Waals surface area contributed by atoms with Crippen LogP contribution >= 0.6 is 0 Å². The monoisotopic (exact) mass is 199 g/mol. The molecule has 0 aromatic carbocycles. The molecular weight excluding hydrogens is 184 g/mol. The van der Waals surface area contributed by atoms with Crippen LogP contribution in [0.5, 0.6) is 0 Å². The second kappa shape index (κ2) is 4.13. The second-order valence-corrected chi connectivity index (χ2v) is 3.52. The van der Waals surface area contributed by atoms with Crippen molar-refractivity contribution >= 4 is 5.57 Å². The van der Waals surface area contributed by atoms with Gasteiger partial charge in [0, 0.05) is 31.1 Å². The molecule has 1 aromatic heterocycles. The fraction of sp³-hybridized carbons (Fsp3) is 0.154. The lowest BCUT2D eigenvalue weighted by atomic mass is 10.1. The van der Waals surface area contributed by atoms with Crippen molar-refractivity contribution in [3.05, 3.63) is 61.0 Å². The number of allylic oxidation sites excluding steroid dienone is 2. The number of pyridine rings is 1. The van der Waals surface area contributed by atoms with Crippen LogP contribution in [0.25, 0.3) is 5.57 Å². The molecular formula is C13H15N2+. The first-order valence-corrected chi connectivity index (χ1v) is 5.11. The van der Waals surface area contributed by atoms with E-state index in [2.05, 4.69) is 55.2 Å². The molecule has 0 radical (unpaired) electrons. The molecule has 1 aromatic rings. The summed E-state index contributed by atoms with van der Waals surface area (Å²) < 4.78 is 1.79. The van der Waals surface area contributed by atoms with Crippen molar-refractivity contribution in [3.8, 4) is 0 Å². The van der Waals surface area contributed by atoms with Gasteiger partial charge < -0.3 is 4.90 Å². The average Bonchev–Trinajstić information content (AvgIpc) is 2.30. The molecule has 2 nitrogen and oxygen atoms in total. The second-order valence-electron chi connectivity index (χ2n) is 3.52. The fourth-order valence-electron chi connectivity index (χ4n) is 1.51. The van der Waals surface area contributed by atoms with Crippen molar-refractivity contribution in [1.29, 1.82) is 0 Å². The van der Waals surface area contributed by atoms with Gasteiger partial charge in [-0.2, -0.15) is 4.24 Å². The van der Waals surface area contributed by atoms with Crippen LogP contribution in [0.3, 0.4) is 0 Å². The predicted molar refractivity (Wildman–Crippen MR) is 61.1 cm³/mol. The molecule has 0 bridgehead atoms. The Labute approximate surface area is 89.8 Å². The van der Waals surface area contributed by atoms with Crippen LogP contribution in [0.2, 0.25) is 0 Å². The smallest absolute Gasteiger partial charge is 0.174 e. The Hall–Kier alpha value is -1.83. The molecule has 0 aliphatic carbocycles. The standard InChI is InChI=1S/C13H15N2/c1-3-15-10-6-13(7-11-15)12-4-8-14(2)9-5-12/h4-11H,2-3H2,1H3/q+1. The number of nitrogens with zero attached hydrogens (tertiary/aromatic N) is 2. The van der Waals surface area contributed by atoms with Gasteiger partial charge in [-0.15, -0.1) is 0 Å². The maximum absolute atomic E-state index is 3.80. The molecule has 0 atom stereocenters. The Bertz CT molecular complexity index is 472. The molecule has 0 spiro atoms. The quantitative estimate of drug-likeness (QED) is 0.616. The Morgan fingerprint density at radius 3 is 2.33 bits per heavy atom. The maximum Gasteiger partial charge on any atom is 0.174 e. The molecule has 0 unspecified atom stereocenters. The zero-order chi connectivity index (χ0) is 10.7. The van der Waals surface area contributed by atoms with Gasteiger partial charge >= 0.3 is 0 Å². The van der Waals surface area contributed by atoms with E-state index in [4.69, 9.17) is 0 Å². The highest BCUT2D eigenvalue weighted by molar-refractivity contribution is 5.67. The van der Waals surface area contributed by atoms with E-state index in [9.17, 15) is 0 Å². The summed E-state index contributed by atoms with van der Waals surface area (Å²) in [6.45, 7) is 6.94. The van der Waals surface area contributed by atoms with Gasteiger partial charge in [0.15, 0.2) is 12.4 Å². The summed E-state index contributed by atoms with van der Waals surface area (Å²) in [4.78, 5) is 2.15. The summed E-state index contributed by atoms with van der Waals surface area (Å²) in [5.41, 5.74) is 1.24. The van der Waals surface area contributed by atoms with Crippen molar-refractivity contribution in [2.45, 2.75) is 6.92 Å². The average molecular weight is 199 g/mol. The van der Waals surface area contributed by atoms with Gasteiger partial charge in [-0.1, -0.05) is 0 Å². The third-order valence-electron chi connectivity index (χ3n) is 2.48. The molecule has 0 fully saturated rings. The van der Waals surface area contributed by atoms with Crippen LogP contribution in [0.1, 0.15) is 6.92 Å². The first kappa shape index (κ1) is 9.71. The fourth-order valence-corrected chi connectivity index (χ4v) is 1.51. The summed E-state index contributed by atoms with van der Waals surface area (Å²) in [6, 6.07) is 4.14. The van der Waals surface area contributed by atoms with Crippen molar-refractivity contribution in [1.82, 2.24) is 4.90 Å². The molecule has 0 N–H and O–H groups in total. The van der Waals surface area contributed by atoms with Crippen molar-refractivity contribution < 1.29 is 4.24 Å². The van der Waals surface area contributed by atoms with Crippen LogP contribution in [0.4, 0.5) is 0 Å². The van der Waals surface area contributed by atoms with Crippen molar-refractivity contribution in [2.24, 2.45) is 0 Å². The molecule has 76 valence electrons. The molecule has 2 heteroatoms. The zero-order valence-corrected chi connectivity index (χ0v) is 8.93. The van der Waals surface area contributed by atoms with Crippen molar-refractivity contribution in [3.63, 3.8) is 0 Å². The van der Waals surface area contributed by atoms with Crippen molar-refractivity contribution in [2.75, 3.05) is 6.54 Å². The Balaban J connectivity index is 2.41. The minimum Gasteiger partial charge on any atom is -0.354 e. The summed E-state index contributed by atoms with van der Waals surface area (Å²) in [5.74, 6) is 0. The normalized spacial score (nSPS) is 14.7. The van der Waals surface area contributed by atoms with Gasteiger partial charge in [-0.3, -0.25) is 0 Å². The molecule has 2 rings (SSSR count). The SMILES string of the molecule is C=[n+]1ccc(=C2C=CN(CC)C=C2)cc1. The molecule has 1 aliphatic rings. The van der Waals surface area contributed by atoms with Gasteiger partial charge in [0.2, 0.25) is 0 Å². The lowest BCUT2D eigenvalue weighted by Gasteiger charge is -2.15. The summed E-state index contributed by atoms with van der Waals surface area (Å²) in [5, 5.41) is 1.22. The summed E-state index contributed by atoms with van der Waals surface area (Å²) >= 11 is 0. The molecule has 0 saturated carbocycles. The van der Waals surface area contributed by atoms with Gasteiger partial charge in [0.25, 0.3) is 0 Å². The number of aromatic nitrogens is 1. The number of rotatable bonds is 1. The molecule has 2 heterocycles. The van der Waals surface area contributed by atoms with E-state index in [1.807, 2.05) is 12.4 Å². The predicted octanol–water partition coefficient (Wildman–Crippen LogP) is 1.13. The molecule has 1 aliphatic heterocycles. The van der Waals surface area contributed by atoms with Crippen LogP contribution in [-0.2, 0) is 0 Å². The van der Waals surface area contributed by atoms with Crippen LogP contribution in [-0.4, -0.2) is 11.4 Å². The lowest BCUT2D eigenvalue weighted by molar-refractivity contribution is -0.498. The maximum atomic E-state index is 3.80. The highest BCUT2D eigenvalue weighted by atomic mass is 15.1. The molecule has 15 heavy (non-hydrogen) atoms. The van der Waals surface area contributed by atoms with Crippen LogP contribution < -0.4 is 9.46 Å². The lowest BCUT2D eigenvalue weighted by Crippen LogP contribution is -2.17. The third kappa shape index (κ3) is 2.15. The number of hydrogen-bond donors (Lipinski definition) is 0. The Kier molecular flexibility index (Phi) is 2.68. The van der Waals surface area contributed by atoms with Crippen LogP contribution in [0.15, 0.2) is 49.1 Å². The van der Waals surface area contributed by atoms with Gasteiger partial charge in [-0.05, 0) is 29.9 Å².